The Morgan fingerprint density at radius 3 is 2.47 bits per heavy atom. The molecule has 6 rings (SSSR count). The number of H-pyrrole nitrogens is 1. The lowest BCUT2D eigenvalue weighted by molar-refractivity contribution is -0.148. The molecule has 1 N–H and O–H groups in total. The number of nitrogens with zero attached hydrogens (tertiary/aromatic N) is 2. The highest BCUT2D eigenvalue weighted by molar-refractivity contribution is 6.39. The predicted octanol–water partition coefficient (Wildman–Crippen LogP) is 6.90. The van der Waals surface area contributed by atoms with Gasteiger partial charge in [-0.25, -0.2) is 8.78 Å². The summed E-state index contributed by atoms with van der Waals surface area (Å²) < 4.78 is 47.2. The Bertz CT molecular complexity index is 1490. The summed E-state index contributed by atoms with van der Waals surface area (Å²) in [5.74, 6) is -1.87. The molecule has 1 saturated heterocycles. The lowest BCUT2D eigenvalue weighted by Crippen LogP contribution is -2.52. The molecule has 2 fully saturated rings. The second-order valence-electron chi connectivity index (χ2n) is 9.64. The molecule has 0 radical (unpaired) electrons. The number of benzene rings is 2. The van der Waals surface area contributed by atoms with Crippen molar-refractivity contribution >= 4 is 28.9 Å². The van der Waals surface area contributed by atoms with Crippen molar-refractivity contribution in [3.63, 3.8) is 0 Å². The first kappa shape index (κ1) is 25.2. The fourth-order valence-electron chi connectivity index (χ4n) is 4.84. The van der Waals surface area contributed by atoms with Gasteiger partial charge in [-0.3, -0.25) is 4.79 Å². The molecule has 1 aliphatic heterocycles. The summed E-state index contributed by atoms with van der Waals surface area (Å²) in [7, 11) is 0. The van der Waals surface area contributed by atoms with Gasteiger partial charge in [0.2, 0.25) is 0 Å². The van der Waals surface area contributed by atoms with Gasteiger partial charge < -0.3 is 18.7 Å². The van der Waals surface area contributed by atoms with Gasteiger partial charge >= 0.3 is 0 Å². The molecule has 198 valence electrons. The Morgan fingerprint density at radius 1 is 1.11 bits per heavy atom. The Hall–Kier alpha value is -3.14. The molecule has 2 aromatic carbocycles. The third kappa shape index (κ3) is 4.86. The van der Waals surface area contributed by atoms with Crippen molar-refractivity contribution in [2.24, 2.45) is 0 Å². The molecule has 7 nitrogen and oxygen atoms in total. The molecule has 2 aromatic heterocycles. The molecule has 2 aliphatic rings. The molecule has 1 atom stereocenters. The summed E-state index contributed by atoms with van der Waals surface area (Å²) in [5, 5.41) is 7.24. The number of alkyl halides is 2. The predicted molar refractivity (Wildman–Crippen MR) is 139 cm³/mol. The zero-order valence-corrected chi connectivity index (χ0v) is 21.6. The second kappa shape index (κ2) is 9.87. The number of hydrogen-bond acceptors (Lipinski definition) is 6. The average Bonchev–Trinajstić information content (AvgIpc) is 3.51. The molecule has 0 spiro atoms. The molecule has 11 heteroatoms. The summed E-state index contributed by atoms with van der Waals surface area (Å²) in [6.07, 6.45) is 0.750. The topological polar surface area (TPSA) is 84.5 Å². The van der Waals surface area contributed by atoms with Crippen LogP contribution in [0.5, 0.6) is 0 Å². The fourth-order valence-corrected chi connectivity index (χ4v) is 5.42. The van der Waals surface area contributed by atoms with E-state index in [1.54, 1.807) is 47.4 Å². The molecule has 0 amide bonds. The highest BCUT2D eigenvalue weighted by Crippen LogP contribution is 2.46. The van der Waals surface area contributed by atoms with Crippen LogP contribution < -0.4 is 10.5 Å². The van der Waals surface area contributed by atoms with Crippen molar-refractivity contribution in [1.82, 2.24) is 10.3 Å². The number of rotatable bonds is 7. The van der Waals surface area contributed by atoms with Gasteiger partial charge in [0.25, 0.3) is 11.5 Å². The fraction of sp³-hybridized carbons (Fsp3) is 0.333. The van der Waals surface area contributed by atoms with Crippen LogP contribution in [0.1, 0.15) is 36.5 Å². The Morgan fingerprint density at radius 2 is 1.84 bits per heavy atom. The molecule has 1 unspecified atom stereocenters. The number of anilines is 1. The van der Waals surface area contributed by atoms with Gasteiger partial charge in [-0.15, -0.1) is 0 Å². The maximum absolute atomic E-state index is 15.3. The van der Waals surface area contributed by atoms with E-state index < -0.39 is 18.6 Å². The number of ether oxygens (including phenoxy) is 1. The largest absolute Gasteiger partial charge is 0.378 e. The van der Waals surface area contributed by atoms with Crippen molar-refractivity contribution < 1.29 is 22.6 Å². The van der Waals surface area contributed by atoms with Gasteiger partial charge in [0.15, 0.2) is 5.76 Å². The molecular formula is C27H23Cl2F2N3O4. The summed E-state index contributed by atoms with van der Waals surface area (Å²) in [5.41, 5.74) is 2.54. The molecule has 0 bridgehead atoms. The van der Waals surface area contributed by atoms with Crippen LogP contribution in [-0.2, 0) is 11.3 Å². The maximum Gasteiger partial charge on any atom is 0.290 e. The minimum absolute atomic E-state index is 0.0803. The highest BCUT2D eigenvalue weighted by Gasteiger charge is 2.46. The van der Waals surface area contributed by atoms with Gasteiger partial charge in [0.05, 0.1) is 29.3 Å². The highest BCUT2D eigenvalue weighted by atomic mass is 35.5. The van der Waals surface area contributed by atoms with Gasteiger partial charge in [-0.1, -0.05) is 34.4 Å². The molecule has 38 heavy (non-hydrogen) atoms. The molecule has 1 aliphatic carbocycles. The van der Waals surface area contributed by atoms with E-state index >= 15 is 8.78 Å². The van der Waals surface area contributed by atoms with E-state index in [2.05, 4.69) is 10.3 Å². The summed E-state index contributed by atoms with van der Waals surface area (Å²) in [4.78, 5) is 12.9. The summed E-state index contributed by atoms with van der Waals surface area (Å²) >= 11 is 12.8. The van der Waals surface area contributed by atoms with E-state index in [4.69, 9.17) is 37.0 Å². The van der Waals surface area contributed by atoms with Crippen LogP contribution >= 0.6 is 23.2 Å². The Kier molecular flexibility index (Phi) is 6.53. The van der Waals surface area contributed by atoms with Crippen LogP contribution in [0.3, 0.4) is 0 Å². The van der Waals surface area contributed by atoms with Crippen molar-refractivity contribution in [3.8, 4) is 22.6 Å². The van der Waals surface area contributed by atoms with E-state index in [0.29, 0.717) is 56.2 Å². The van der Waals surface area contributed by atoms with E-state index in [1.807, 2.05) is 0 Å². The zero-order chi connectivity index (χ0) is 26.4. The van der Waals surface area contributed by atoms with Crippen LogP contribution in [-0.4, -0.2) is 35.4 Å². The van der Waals surface area contributed by atoms with Gasteiger partial charge in [-0.2, -0.15) is 5.16 Å². The summed E-state index contributed by atoms with van der Waals surface area (Å²) in [6, 6.07) is 13.4. The van der Waals surface area contributed by atoms with E-state index in [1.165, 1.54) is 6.07 Å². The van der Waals surface area contributed by atoms with Crippen molar-refractivity contribution in [2.75, 3.05) is 18.0 Å². The number of aromatic amines is 1. The minimum Gasteiger partial charge on any atom is -0.378 e. The van der Waals surface area contributed by atoms with Crippen molar-refractivity contribution in [3.05, 3.63) is 80.3 Å². The summed E-state index contributed by atoms with van der Waals surface area (Å²) in [6.45, 7) is -0.178. The first-order valence-corrected chi connectivity index (χ1v) is 13.0. The Balaban J connectivity index is 1.17. The standard InChI is InChI=1S/C27H23Cl2F2N3O4/c28-19-2-1-3-20(29)24(19)25-18(26(38-33-25)16-4-5-16)13-36-22-10-11-34(14-27(22,30)31)17-8-6-15(7-9-17)21-12-23(35)32-37-21/h1-3,6-9,12,16,22H,4-5,10-11,13-14H2,(H,32,35). The van der Waals surface area contributed by atoms with Crippen LogP contribution in [0.2, 0.25) is 10.0 Å². The second-order valence-corrected chi connectivity index (χ2v) is 10.5. The number of hydrogen-bond donors (Lipinski definition) is 1. The quantitative estimate of drug-likeness (QED) is 0.264. The number of aromatic nitrogens is 2. The molecule has 1 saturated carbocycles. The van der Waals surface area contributed by atoms with Crippen molar-refractivity contribution in [1.29, 1.82) is 0 Å². The Labute approximate surface area is 226 Å². The first-order chi connectivity index (χ1) is 18.3. The van der Waals surface area contributed by atoms with E-state index in [-0.39, 0.29) is 24.5 Å². The SMILES string of the molecule is O=c1cc(-c2ccc(N3CCC(OCc4c(-c5c(Cl)cccc5Cl)noc4C4CC4)C(F)(F)C3)cc2)o[nH]1. The lowest BCUT2D eigenvalue weighted by atomic mass is 10.0. The smallest absolute Gasteiger partial charge is 0.290 e. The van der Waals surface area contributed by atoms with Crippen LogP contribution in [0.4, 0.5) is 14.5 Å². The van der Waals surface area contributed by atoms with Crippen molar-refractivity contribution in [2.45, 2.75) is 43.8 Å². The average molecular weight is 562 g/mol. The van der Waals surface area contributed by atoms with Crippen LogP contribution in [0.15, 0.2) is 62.4 Å². The van der Waals surface area contributed by atoms with Gasteiger partial charge in [0, 0.05) is 34.8 Å². The third-order valence-electron chi connectivity index (χ3n) is 6.97. The van der Waals surface area contributed by atoms with Gasteiger partial charge in [-0.05, 0) is 55.7 Å². The molecule has 3 heterocycles. The van der Waals surface area contributed by atoms with Gasteiger partial charge in [0.1, 0.15) is 17.6 Å². The molecular weight excluding hydrogens is 539 g/mol. The monoisotopic (exact) mass is 561 g/mol. The maximum atomic E-state index is 15.3. The minimum atomic E-state index is -3.09. The third-order valence-corrected chi connectivity index (χ3v) is 7.60. The first-order valence-electron chi connectivity index (χ1n) is 12.3. The van der Waals surface area contributed by atoms with Crippen LogP contribution in [0, 0.1) is 0 Å². The van der Waals surface area contributed by atoms with E-state index in [9.17, 15) is 4.79 Å². The number of halogens is 4. The molecule has 4 aromatic rings. The zero-order valence-electron chi connectivity index (χ0n) is 20.1. The lowest BCUT2D eigenvalue weighted by Gasteiger charge is -2.39. The number of piperidine rings is 1. The van der Waals surface area contributed by atoms with Crippen LogP contribution in [0.25, 0.3) is 22.6 Å². The van der Waals surface area contributed by atoms with E-state index in [0.717, 1.165) is 12.8 Å². The normalized spacial score (nSPS) is 19.2. The number of nitrogens with one attached hydrogen (secondary N) is 1.